The zero-order chi connectivity index (χ0) is 14.7. The predicted molar refractivity (Wildman–Crippen MR) is 89.6 cm³/mol. The number of halogens is 1. The zero-order valence-corrected chi connectivity index (χ0v) is 13.0. The molecule has 1 aliphatic rings. The van der Waals surface area contributed by atoms with Crippen molar-refractivity contribution in [2.75, 3.05) is 0 Å². The van der Waals surface area contributed by atoms with Crippen LogP contribution in [0.5, 0.6) is 0 Å². The van der Waals surface area contributed by atoms with Gasteiger partial charge >= 0.3 is 0 Å². The molecule has 1 unspecified atom stereocenters. The van der Waals surface area contributed by atoms with Crippen LogP contribution in [0, 0.1) is 0 Å². The summed E-state index contributed by atoms with van der Waals surface area (Å²) in [6.45, 7) is 0. The number of hydrogen-bond donors (Lipinski definition) is 1. The summed E-state index contributed by atoms with van der Waals surface area (Å²) in [6.07, 6.45) is 6.08. The van der Waals surface area contributed by atoms with Gasteiger partial charge in [0.1, 0.15) is 0 Å². The van der Waals surface area contributed by atoms with E-state index in [1.54, 1.807) is 0 Å². The highest BCUT2D eigenvalue weighted by Crippen LogP contribution is 2.48. The highest BCUT2D eigenvalue weighted by atomic mass is 35.5. The maximum absolute atomic E-state index is 6.75. The molecular formula is C19H22ClN. The summed E-state index contributed by atoms with van der Waals surface area (Å²) in [5.41, 5.74) is 9.20. The molecule has 1 fully saturated rings. The summed E-state index contributed by atoms with van der Waals surface area (Å²) in [6, 6.07) is 18.7. The second kappa shape index (κ2) is 6.21. The molecule has 2 aromatic carbocycles. The van der Waals surface area contributed by atoms with E-state index in [0.29, 0.717) is 0 Å². The molecule has 0 heterocycles. The van der Waals surface area contributed by atoms with E-state index in [2.05, 4.69) is 36.4 Å². The minimum Gasteiger partial charge on any atom is -0.323 e. The van der Waals surface area contributed by atoms with Gasteiger partial charge in [-0.15, -0.1) is 0 Å². The summed E-state index contributed by atoms with van der Waals surface area (Å²) >= 11 is 6.41. The normalized spacial score (nSPS) is 19.1. The Hall–Kier alpha value is -1.31. The SMILES string of the molecule is NC(c1ccccc1Cl)C1(c2ccccc2)CCCCC1. The molecule has 1 nitrogen and oxygen atoms in total. The largest absolute Gasteiger partial charge is 0.323 e. The van der Waals surface area contributed by atoms with Gasteiger partial charge in [-0.25, -0.2) is 0 Å². The van der Waals surface area contributed by atoms with Gasteiger partial charge in [-0.05, 0) is 30.0 Å². The lowest BCUT2D eigenvalue weighted by atomic mass is 9.63. The van der Waals surface area contributed by atoms with E-state index in [1.807, 2.05) is 18.2 Å². The van der Waals surface area contributed by atoms with Crippen molar-refractivity contribution in [3.63, 3.8) is 0 Å². The fourth-order valence-electron chi connectivity index (χ4n) is 3.76. The molecule has 1 atom stereocenters. The fourth-order valence-corrected chi connectivity index (χ4v) is 4.01. The van der Waals surface area contributed by atoms with Crippen molar-refractivity contribution in [3.05, 3.63) is 70.7 Å². The monoisotopic (exact) mass is 299 g/mol. The summed E-state index contributed by atoms with van der Waals surface area (Å²) < 4.78 is 0. The molecule has 0 aromatic heterocycles. The molecular weight excluding hydrogens is 278 g/mol. The minimum absolute atomic E-state index is 0.0184. The highest BCUT2D eigenvalue weighted by Gasteiger charge is 2.40. The lowest BCUT2D eigenvalue weighted by Gasteiger charge is -2.43. The number of rotatable bonds is 3. The molecule has 2 heteroatoms. The lowest BCUT2D eigenvalue weighted by molar-refractivity contribution is 0.244. The molecule has 0 bridgehead atoms. The van der Waals surface area contributed by atoms with Crippen molar-refractivity contribution in [3.8, 4) is 0 Å². The van der Waals surface area contributed by atoms with E-state index < -0.39 is 0 Å². The van der Waals surface area contributed by atoms with Crippen molar-refractivity contribution in [1.29, 1.82) is 0 Å². The van der Waals surface area contributed by atoms with Gasteiger partial charge in [-0.3, -0.25) is 0 Å². The Morgan fingerprint density at radius 1 is 0.857 bits per heavy atom. The van der Waals surface area contributed by atoms with Gasteiger partial charge in [0.05, 0.1) is 0 Å². The van der Waals surface area contributed by atoms with Crippen LogP contribution in [0.4, 0.5) is 0 Å². The first kappa shape index (κ1) is 14.6. The van der Waals surface area contributed by atoms with Gasteiger partial charge in [0.15, 0.2) is 0 Å². The van der Waals surface area contributed by atoms with Gasteiger partial charge in [-0.2, -0.15) is 0 Å². The van der Waals surface area contributed by atoms with Crippen LogP contribution in [0.3, 0.4) is 0 Å². The Balaban J connectivity index is 2.06. The Labute approximate surface area is 132 Å². The molecule has 0 radical (unpaired) electrons. The van der Waals surface area contributed by atoms with Gasteiger partial charge in [0, 0.05) is 16.5 Å². The van der Waals surface area contributed by atoms with Gasteiger partial charge < -0.3 is 5.73 Å². The Kier molecular flexibility index (Phi) is 4.32. The molecule has 2 aromatic rings. The molecule has 1 aliphatic carbocycles. The first-order chi connectivity index (χ1) is 10.2. The van der Waals surface area contributed by atoms with E-state index in [4.69, 9.17) is 17.3 Å². The quantitative estimate of drug-likeness (QED) is 0.824. The molecule has 0 spiro atoms. The van der Waals surface area contributed by atoms with Crippen LogP contribution >= 0.6 is 11.6 Å². The Morgan fingerprint density at radius 2 is 1.48 bits per heavy atom. The summed E-state index contributed by atoms with van der Waals surface area (Å²) in [7, 11) is 0. The van der Waals surface area contributed by atoms with Crippen molar-refractivity contribution in [2.24, 2.45) is 5.73 Å². The molecule has 1 saturated carbocycles. The maximum Gasteiger partial charge on any atom is 0.0454 e. The van der Waals surface area contributed by atoms with Gasteiger partial charge in [-0.1, -0.05) is 79.4 Å². The summed E-state index contributed by atoms with van der Waals surface area (Å²) in [5, 5.41) is 0.783. The molecule has 0 aliphatic heterocycles. The maximum atomic E-state index is 6.75. The second-order valence-electron chi connectivity index (χ2n) is 6.08. The lowest BCUT2D eigenvalue weighted by Crippen LogP contribution is -2.40. The molecule has 110 valence electrons. The van der Waals surface area contributed by atoms with Crippen LogP contribution in [0.2, 0.25) is 5.02 Å². The van der Waals surface area contributed by atoms with Crippen LogP contribution < -0.4 is 5.73 Å². The molecule has 21 heavy (non-hydrogen) atoms. The average Bonchev–Trinajstić information content (AvgIpc) is 2.56. The third kappa shape index (κ3) is 2.73. The first-order valence-electron chi connectivity index (χ1n) is 7.79. The van der Waals surface area contributed by atoms with Crippen molar-refractivity contribution < 1.29 is 0 Å². The fraction of sp³-hybridized carbons (Fsp3) is 0.368. The van der Waals surface area contributed by atoms with Crippen LogP contribution in [0.1, 0.15) is 49.3 Å². The van der Waals surface area contributed by atoms with Gasteiger partial charge in [0.25, 0.3) is 0 Å². The zero-order valence-electron chi connectivity index (χ0n) is 12.3. The van der Waals surface area contributed by atoms with Crippen LogP contribution in [0.25, 0.3) is 0 Å². The van der Waals surface area contributed by atoms with Crippen LogP contribution in [-0.2, 0) is 5.41 Å². The Morgan fingerprint density at radius 3 is 2.14 bits per heavy atom. The van der Waals surface area contributed by atoms with E-state index in [1.165, 1.54) is 24.8 Å². The number of hydrogen-bond acceptors (Lipinski definition) is 1. The highest BCUT2D eigenvalue weighted by molar-refractivity contribution is 6.31. The molecule has 2 N–H and O–H groups in total. The van der Waals surface area contributed by atoms with Crippen molar-refractivity contribution in [2.45, 2.75) is 43.6 Å². The summed E-state index contributed by atoms with van der Waals surface area (Å²) in [5.74, 6) is 0. The second-order valence-corrected chi connectivity index (χ2v) is 6.49. The van der Waals surface area contributed by atoms with E-state index in [0.717, 1.165) is 23.4 Å². The third-order valence-corrected chi connectivity index (χ3v) is 5.27. The van der Waals surface area contributed by atoms with Crippen LogP contribution in [0.15, 0.2) is 54.6 Å². The van der Waals surface area contributed by atoms with Crippen molar-refractivity contribution in [1.82, 2.24) is 0 Å². The van der Waals surface area contributed by atoms with E-state index in [-0.39, 0.29) is 11.5 Å². The number of nitrogens with two attached hydrogens (primary N) is 1. The van der Waals surface area contributed by atoms with Crippen LogP contribution in [-0.4, -0.2) is 0 Å². The molecule has 0 saturated heterocycles. The molecule has 0 amide bonds. The summed E-state index contributed by atoms with van der Waals surface area (Å²) in [4.78, 5) is 0. The predicted octanol–water partition coefficient (Wildman–Crippen LogP) is 5.24. The van der Waals surface area contributed by atoms with Gasteiger partial charge in [0.2, 0.25) is 0 Å². The Bertz CT molecular complexity index is 588. The number of benzene rings is 2. The standard InChI is InChI=1S/C19H22ClN/c20-17-12-6-5-11-16(17)18(21)19(13-7-2-8-14-19)15-9-3-1-4-10-15/h1,3-6,9-12,18H,2,7-8,13-14,21H2. The van der Waals surface area contributed by atoms with E-state index >= 15 is 0 Å². The average molecular weight is 300 g/mol. The van der Waals surface area contributed by atoms with Crippen molar-refractivity contribution >= 4 is 11.6 Å². The smallest absolute Gasteiger partial charge is 0.0454 e. The minimum atomic E-state index is -0.0473. The third-order valence-electron chi connectivity index (χ3n) is 4.93. The molecule has 3 rings (SSSR count). The van der Waals surface area contributed by atoms with E-state index in [9.17, 15) is 0 Å². The topological polar surface area (TPSA) is 26.0 Å². The first-order valence-corrected chi connectivity index (χ1v) is 8.17.